The van der Waals surface area contributed by atoms with E-state index in [4.69, 9.17) is 9.57 Å². The number of halogens is 2. The molecule has 0 bridgehead atoms. The number of hydrogen-bond donors (Lipinski definition) is 2. The molecular formula is C19H21F2N3O4. The average Bonchev–Trinajstić information content (AvgIpc) is 3.15. The molecule has 28 heavy (non-hydrogen) atoms. The summed E-state index contributed by atoms with van der Waals surface area (Å²) in [7, 11) is 0. The second kappa shape index (κ2) is 6.80. The molecule has 9 heteroatoms. The van der Waals surface area contributed by atoms with Gasteiger partial charge in [0, 0.05) is 37.1 Å². The Morgan fingerprint density at radius 1 is 1.18 bits per heavy atom. The van der Waals surface area contributed by atoms with Gasteiger partial charge in [0.2, 0.25) is 11.5 Å². The SMILES string of the molecule is CC1(C(=O)NC2(C(=O)NC3CC3)CCOC2)CC(c2cc(F)cc(F)c2)=NO1. The molecule has 2 N–H and O–H groups in total. The highest BCUT2D eigenvalue weighted by atomic mass is 19.1. The van der Waals surface area contributed by atoms with Crippen LogP contribution in [-0.2, 0) is 19.2 Å². The van der Waals surface area contributed by atoms with Crippen molar-refractivity contribution < 1.29 is 27.9 Å². The fourth-order valence-electron chi connectivity index (χ4n) is 3.34. The largest absolute Gasteiger partial charge is 0.379 e. The second-order valence-corrected chi connectivity index (χ2v) is 7.78. The molecule has 4 rings (SSSR count). The Hall–Kier alpha value is -2.55. The number of nitrogens with zero attached hydrogens (tertiary/aromatic N) is 1. The van der Waals surface area contributed by atoms with Crippen LogP contribution in [0, 0.1) is 11.6 Å². The van der Waals surface area contributed by atoms with Crippen molar-refractivity contribution in [2.45, 2.75) is 49.8 Å². The van der Waals surface area contributed by atoms with Gasteiger partial charge in [-0.1, -0.05) is 5.16 Å². The molecule has 0 aromatic heterocycles. The normalized spacial score (nSPS) is 29.2. The van der Waals surface area contributed by atoms with Crippen LogP contribution in [0.1, 0.15) is 38.2 Å². The van der Waals surface area contributed by atoms with E-state index in [0.29, 0.717) is 13.0 Å². The fraction of sp³-hybridized carbons (Fsp3) is 0.526. The van der Waals surface area contributed by atoms with E-state index in [-0.39, 0.29) is 36.3 Å². The number of oxime groups is 1. The zero-order valence-electron chi connectivity index (χ0n) is 15.4. The van der Waals surface area contributed by atoms with E-state index < -0.39 is 28.7 Å². The van der Waals surface area contributed by atoms with Gasteiger partial charge in [0.1, 0.15) is 17.2 Å². The summed E-state index contributed by atoms with van der Waals surface area (Å²) in [5.74, 6) is -2.28. The lowest BCUT2D eigenvalue weighted by atomic mass is 9.91. The van der Waals surface area contributed by atoms with Gasteiger partial charge in [-0.15, -0.1) is 0 Å². The van der Waals surface area contributed by atoms with E-state index >= 15 is 0 Å². The third-order valence-electron chi connectivity index (χ3n) is 5.26. The fourth-order valence-corrected chi connectivity index (χ4v) is 3.34. The third kappa shape index (κ3) is 3.58. The maximum absolute atomic E-state index is 13.5. The minimum absolute atomic E-state index is 0.0168. The molecule has 2 unspecified atom stereocenters. The zero-order valence-corrected chi connectivity index (χ0v) is 15.4. The summed E-state index contributed by atoms with van der Waals surface area (Å²) in [5.41, 5.74) is -2.08. The average molecular weight is 393 g/mol. The van der Waals surface area contributed by atoms with Crippen LogP contribution in [0.15, 0.2) is 23.4 Å². The summed E-state index contributed by atoms with van der Waals surface area (Å²) in [5, 5.41) is 9.54. The summed E-state index contributed by atoms with van der Waals surface area (Å²) in [6.07, 6.45) is 2.23. The van der Waals surface area contributed by atoms with Crippen molar-refractivity contribution in [1.29, 1.82) is 0 Å². The number of ether oxygens (including phenoxy) is 1. The summed E-state index contributed by atoms with van der Waals surface area (Å²) < 4.78 is 32.3. The summed E-state index contributed by atoms with van der Waals surface area (Å²) >= 11 is 0. The van der Waals surface area contributed by atoms with Crippen molar-refractivity contribution in [3.8, 4) is 0 Å². The zero-order chi connectivity index (χ0) is 19.9. The molecule has 1 aliphatic carbocycles. The third-order valence-corrected chi connectivity index (χ3v) is 5.26. The minimum Gasteiger partial charge on any atom is -0.379 e. The quantitative estimate of drug-likeness (QED) is 0.792. The van der Waals surface area contributed by atoms with Gasteiger partial charge in [-0.25, -0.2) is 8.78 Å². The molecule has 0 spiro atoms. The lowest BCUT2D eigenvalue weighted by Gasteiger charge is -2.31. The van der Waals surface area contributed by atoms with Crippen LogP contribution in [0.25, 0.3) is 0 Å². The van der Waals surface area contributed by atoms with Gasteiger partial charge in [0.15, 0.2) is 0 Å². The molecule has 1 saturated heterocycles. The molecular weight excluding hydrogens is 372 g/mol. The van der Waals surface area contributed by atoms with E-state index in [1.54, 1.807) is 0 Å². The number of carbonyl (C=O) groups excluding carboxylic acids is 2. The van der Waals surface area contributed by atoms with E-state index in [1.165, 1.54) is 6.92 Å². The highest BCUT2D eigenvalue weighted by Gasteiger charge is 2.50. The summed E-state index contributed by atoms with van der Waals surface area (Å²) in [4.78, 5) is 31.0. The van der Waals surface area contributed by atoms with Crippen LogP contribution in [0.2, 0.25) is 0 Å². The number of benzene rings is 1. The van der Waals surface area contributed by atoms with Crippen LogP contribution in [0.5, 0.6) is 0 Å². The van der Waals surface area contributed by atoms with Gasteiger partial charge < -0.3 is 20.2 Å². The smallest absolute Gasteiger partial charge is 0.268 e. The van der Waals surface area contributed by atoms with Gasteiger partial charge in [-0.2, -0.15) is 0 Å². The number of hydrogen-bond acceptors (Lipinski definition) is 5. The Kier molecular flexibility index (Phi) is 4.57. The molecule has 7 nitrogen and oxygen atoms in total. The molecule has 2 atom stereocenters. The molecule has 150 valence electrons. The minimum atomic E-state index is -1.40. The van der Waals surface area contributed by atoms with Gasteiger partial charge in [0.05, 0.1) is 12.3 Å². The number of rotatable bonds is 5. The van der Waals surface area contributed by atoms with Crippen LogP contribution in [0.3, 0.4) is 0 Å². The molecule has 2 heterocycles. The van der Waals surface area contributed by atoms with E-state index in [0.717, 1.165) is 31.0 Å². The lowest BCUT2D eigenvalue weighted by Crippen LogP contribution is -2.63. The molecule has 0 radical (unpaired) electrons. The Balaban J connectivity index is 1.47. The second-order valence-electron chi connectivity index (χ2n) is 7.78. The van der Waals surface area contributed by atoms with E-state index in [9.17, 15) is 18.4 Å². The van der Waals surface area contributed by atoms with Crippen molar-refractivity contribution in [1.82, 2.24) is 10.6 Å². The van der Waals surface area contributed by atoms with Crippen LogP contribution in [-0.4, -0.2) is 47.9 Å². The van der Waals surface area contributed by atoms with Gasteiger partial charge in [-0.3, -0.25) is 9.59 Å². The van der Waals surface area contributed by atoms with Crippen molar-refractivity contribution in [2.24, 2.45) is 5.16 Å². The van der Waals surface area contributed by atoms with E-state index in [1.807, 2.05) is 0 Å². The molecule has 2 aliphatic heterocycles. The first-order valence-electron chi connectivity index (χ1n) is 9.23. The Labute approximate surface area is 160 Å². The molecule has 1 aromatic rings. The first kappa shape index (κ1) is 18.8. The predicted molar refractivity (Wildman–Crippen MR) is 94.5 cm³/mol. The van der Waals surface area contributed by atoms with E-state index in [2.05, 4.69) is 15.8 Å². The van der Waals surface area contributed by atoms with Gasteiger partial charge in [0.25, 0.3) is 5.91 Å². The first-order chi connectivity index (χ1) is 13.3. The number of carbonyl (C=O) groups is 2. The van der Waals surface area contributed by atoms with Crippen LogP contribution < -0.4 is 10.6 Å². The maximum atomic E-state index is 13.5. The monoisotopic (exact) mass is 393 g/mol. The standard InChI is InChI=1S/C19H21F2N3O4/c1-18(9-15(24-28-18)11-6-12(20)8-13(21)7-11)16(25)23-19(4-5-27-10-19)17(26)22-14-2-3-14/h6-8,14H,2-5,9-10H2,1H3,(H,22,26)(H,23,25). The van der Waals surface area contributed by atoms with Crippen LogP contribution >= 0.6 is 0 Å². The van der Waals surface area contributed by atoms with Gasteiger partial charge in [-0.05, 0) is 31.9 Å². The highest BCUT2D eigenvalue weighted by molar-refractivity contribution is 6.06. The lowest BCUT2D eigenvalue weighted by molar-refractivity contribution is -0.147. The summed E-state index contributed by atoms with van der Waals surface area (Å²) in [6, 6.07) is 3.17. The highest BCUT2D eigenvalue weighted by Crippen LogP contribution is 2.30. The molecule has 2 amide bonds. The van der Waals surface area contributed by atoms with Crippen molar-refractivity contribution in [3.63, 3.8) is 0 Å². The number of amides is 2. The Morgan fingerprint density at radius 2 is 1.89 bits per heavy atom. The topological polar surface area (TPSA) is 89.0 Å². The predicted octanol–water partition coefficient (Wildman–Crippen LogP) is 1.40. The number of nitrogens with one attached hydrogen (secondary N) is 2. The molecule has 1 saturated carbocycles. The van der Waals surface area contributed by atoms with Crippen molar-refractivity contribution in [3.05, 3.63) is 35.4 Å². The molecule has 1 aromatic carbocycles. The Morgan fingerprint density at radius 3 is 2.50 bits per heavy atom. The molecule has 2 fully saturated rings. The first-order valence-corrected chi connectivity index (χ1v) is 9.23. The maximum Gasteiger partial charge on any atom is 0.268 e. The molecule has 3 aliphatic rings. The summed E-state index contributed by atoms with van der Waals surface area (Å²) in [6.45, 7) is 1.97. The van der Waals surface area contributed by atoms with Crippen LogP contribution in [0.4, 0.5) is 8.78 Å². The van der Waals surface area contributed by atoms with Crippen molar-refractivity contribution in [2.75, 3.05) is 13.2 Å². The van der Waals surface area contributed by atoms with Crippen molar-refractivity contribution >= 4 is 17.5 Å². The van der Waals surface area contributed by atoms with Gasteiger partial charge >= 0.3 is 0 Å². The Bertz CT molecular complexity index is 829.